The summed E-state index contributed by atoms with van der Waals surface area (Å²) in [5.41, 5.74) is -2.22. The Morgan fingerprint density at radius 2 is 1.81 bits per heavy atom. The van der Waals surface area contributed by atoms with E-state index in [4.69, 9.17) is 4.74 Å². The van der Waals surface area contributed by atoms with Crippen molar-refractivity contribution in [3.05, 3.63) is 0 Å². The zero-order chi connectivity index (χ0) is 19.4. The number of fused-ring (bicyclic) bond motifs is 1. The molecule has 3 aliphatic heterocycles. The van der Waals surface area contributed by atoms with Crippen molar-refractivity contribution in [2.75, 3.05) is 5.75 Å². The van der Waals surface area contributed by atoms with Crippen LogP contribution in [-0.4, -0.2) is 73.0 Å². The van der Waals surface area contributed by atoms with E-state index >= 15 is 0 Å². The van der Waals surface area contributed by atoms with Crippen LogP contribution >= 0.6 is 11.8 Å². The number of imide groups is 1. The van der Waals surface area contributed by atoms with Crippen LogP contribution in [0.2, 0.25) is 0 Å². The highest BCUT2D eigenvalue weighted by atomic mass is 32.2. The van der Waals surface area contributed by atoms with Crippen LogP contribution in [0, 0.1) is 0 Å². The van der Waals surface area contributed by atoms with Crippen LogP contribution in [0.1, 0.15) is 47.0 Å². The molecule has 3 saturated heterocycles. The second-order valence-corrected chi connectivity index (χ2v) is 9.30. The number of rotatable bonds is 2. The number of likely N-dealkylation sites (tertiary alicyclic amines) is 1. The average molecular weight is 384 g/mol. The number of aliphatic hydroxyl groups is 1. The number of β-lactam (4-membered cyclic amide) rings is 1. The van der Waals surface area contributed by atoms with Crippen molar-refractivity contribution < 1.29 is 29.0 Å². The van der Waals surface area contributed by atoms with Crippen LogP contribution in [0.4, 0.5) is 0 Å². The standard InChI is InChI=1S/C17H24N2O6S/c1-16(2,3)25-15(23)12-17(4,24)8-26-14-11(13(22)19(12)14)18-9(20)6-5-7-10(18)21/h11-12,14,24H,5-8H2,1-4H3/t11?,12?,14-,17+/m0/s1. The molecule has 3 fully saturated rings. The number of esters is 1. The highest BCUT2D eigenvalue weighted by Crippen LogP contribution is 2.45. The number of thioether (sulfide) groups is 1. The van der Waals surface area contributed by atoms with Crippen molar-refractivity contribution in [3.63, 3.8) is 0 Å². The minimum atomic E-state index is -1.46. The van der Waals surface area contributed by atoms with E-state index in [0.717, 1.165) is 4.90 Å². The third-order valence-corrected chi connectivity index (χ3v) is 6.27. The Bertz CT molecular complexity index is 655. The second-order valence-electron chi connectivity index (χ2n) is 8.20. The maximum absolute atomic E-state index is 12.8. The second kappa shape index (κ2) is 6.23. The first-order valence-electron chi connectivity index (χ1n) is 8.68. The molecule has 0 aliphatic carbocycles. The fourth-order valence-electron chi connectivity index (χ4n) is 3.59. The molecule has 0 aromatic carbocycles. The summed E-state index contributed by atoms with van der Waals surface area (Å²) in [7, 11) is 0. The molecule has 0 aromatic rings. The van der Waals surface area contributed by atoms with Gasteiger partial charge in [0.05, 0.1) is 0 Å². The van der Waals surface area contributed by atoms with E-state index in [1.165, 1.54) is 23.6 Å². The zero-order valence-corrected chi connectivity index (χ0v) is 16.2. The first-order chi connectivity index (χ1) is 11.9. The molecule has 3 rings (SSSR count). The number of piperidine rings is 1. The molecule has 0 saturated carbocycles. The van der Waals surface area contributed by atoms with Gasteiger partial charge in [0.25, 0.3) is 5.91 Å². The minimum absolute atomic E-state index is 0.193. The van der Waals surface area contributed by atoms with Crippen molar-refractivity contribution in [1.82, 2.24) is 9.80 Å². The first-order valence-corrected chi connectivity index (χ1v) is 9.73. The summed E-state index contributed by atoms with van der Waals surface area (Å²) in [4.78, 5) is 52.1. The van der Waals surface area contributed by atoms with Crippen LogP contribution in [-0.2, 0) is 23.9 Å². The van der Waals surface area contributed by atoms with Gasteiger partial charge in [-0.3, -0.25) is 19.3 Å². The molecule has 0 bridgehead atoms. The van der Waals surface area contributed by atoms with Crippen LogP contribution in [0.25, 0.3) is 0 Å². The molecular formula is C17H24N2O6S. The largest absolute Gasteiger partial charge is 0.458 e. The lowest BCUT2D eigenvalue weighted by Crippen LogP contribution is -2.80. The predicted molar refractivity (Wildman–Crippen MR) is 92.8 cm³/mol. The molecule has 26 heavy (non-hydrogen) atoms. The Kier molecular flexibility index (Phi) is 4.59. The van der Waals surface area contributed by atoms with Gasteiger partial charge in [-0.1, -0.05) is 0 Å². The van der Waals surface area contributed by atoms with Crippen molar-refractivity contribution in [2.45, 2.75) is 75.6 Å². The fourth-order valence-corrected chi connectivity index (χ4v) is 5.07. The SMILES string of the molecule is CC(C)(C)OC(=O)C1N2C(=O)C(N3C(=O)CCCC3=O)[C@@H]2SC[C@@]1(C)O. The van der Waals surface area contributed by atoms with E-state index in [1.807, 2.05) is 0 Å². The Balaban J connectivity index is 1.86. The van der Waals surface area contributed by atoms with Gasteiger partial charge in [0, 0.05) is 18.6 Å². The normalized spacial score (nSPS) is 35.1. The van der Waals surface area contributed by atoms with E-state index in [-0.39, 0.29) is 30.4 Å². The van der Waals surface area contributed by atoms with E-state index in [0.29, 0.717) is 6.42 Å². The number of nitrogens with zero attached hydrogens (tertiary/aromatic N) is 2. The monoisotopic (exact) mass is 384 g/mol. The molecule has 8 nitrogen and oxygen atoms in total. The third kappa shape index (κ3) is 3.11. The number of carbonyl (C=O) groups is 4. The Morgan fingerprint density at radius 3 is 2.35 bits per heavy atom. The van der Waals surface area contributed by atoms with Crippen LogP contribution in [0.3, 0.4) is 0 Å². The lowest BCUT2D eigenvalue weighted by atomic mass is 9.89. The molecule has 3 amide bonds. The molecule has 2 unspecified atom stereocenters. The molecule has 3 aliphatic rings. The summed E-state index contributed by atoms with van der Waals surface area (Å²) in [5, 5.41) is 10.1. The summed E-state index contributed by atoms with van der Waals surface area (Å²) in [6.07, 6.45) is 0.964. The van der Waals surface area contributed by atoms with Gasteiger partial charge in [0.2, 0.25) is 11.8 Å². The van der Waals surface area contributed by atoms with Crippen LogP contribution < -0.4 is 0 Å². The summed E-state index contributed by atoms with van der Waals surface area (Å²) < 4.78 is 5.39. The maximum Gasteiger partial charge on any atom is 0.332 e. The highest BCUT2D eigenvalue weighted by molar-refractivity contribution is 8.00. The lowest BCUT2D eigenvalue weighted by Gasteiger charge is -2.58. The summed E-state index contributed by atoms with van der Waals surface area (Å²) in [6.45, 7) is 6.62. The third-order valence-electron chi connectivity index (χ3n) is 4.69. The minimum Gasteiger partial charge on any atom is -0.458 e. The van der Waals surface area contributed by atoms with Gasteiger partial charge in [-0.15, -0.1) is 11.8 Å². The Labute approximate surface area is 156 Å². The highest BCUT2D eigenvalue weighted by Gasteiger charge is 2.64. The molecule has 9 heteroatoms. The molecule has 0 spiro atoms. The molecular weight excluding hydrogens is 360 g/mol. The lowest BCUT2D eigenvalue weighted by molar-refractivity contribution is -0.190. The topological polar surface area (TPSA) is 104 Å². The smallest absolute Gasteiger partial charge is 0.332 e. The van der Waals surface area contributed by atoms with Crippen LogP contribution in [0.5, 0.6) is 0 Å². The molecule has 0 aromatic heterocycles. The summed E-state index contributed by atoms with van der Waals surface area (Å²) in [6, 6.07) is -2.06. The van der Waals surface area contributed by atoms with Crippen molar-refractivity contribution in [2.24, 2.45) is 0 Å². The van der Waals surface area contributed by atoms with Gasteiger partial charge in [-0.25, -0.2) is 4.79 Å². The Hall–Kier alpha value is -1.61. The maximum atomic E-state index is 12.8. The van der Waals surface area contributed by atoms with Crippen molar-refractivity contribution >= 4 is 35.5 Å². The van der Waals surface area contributed by atoms with Gasteiger partial charge >= 0.3 is 5.97 Å². The number of amides is 3. The van der Waals surface area contributed by atoms with Crippen molar-refractivity contribution in [1.29, 1.82) is 0 Å². The molecule has 4 atom stereocenters. The molecule has 144 valence electrons. The molecule has 1 N–H and O–H groups in total. The van der Waals surface area contributed by atoms with E-state index < -0.39 is 40.5 Å². The van der Waals surface area contributed by atoms with Gasteiger partial charge in [0.1, 0.15) is 22.6 Å². The van der Waals surface area contributed by atoms with Gasteiger partial charge in [0.15, 0.2) is 6.04 Å². The quantitative estimate of drug-likeness (QED) is 0.414. The zero-order valence-electron chi connectivity index (χ0n) is 15.4. The van der Waals surface area contributed by atoms with Gasteiger partial charge in [-0.2, -0.15) is 0 Å². The fraction of sp³-hybridized carbons (Fsp3) is 0.765. The molecule has 3 heterocycles. The number of hydrogen-bond acceptors (Lipinski definition) is 7. The van der Waals surface area contributed by atoms with E-state index in [1.54, 1.807) is 20.8 Å². The Morgan fingerprint density at radius 1 is 1.23 bits per heavy atom. The number of carbonyl (C=O) groups excluding carboxylic acids is 4. The van der Waals surface area contributed by atoms with Crippen LogP contribution in [0.15, 0.2) is 0 Å². The first kappa shape index (κ1) is 19.2. The van der Waals surface area contributed by atoms with E-state index in [9.17, 15) is 24.3 Å². The number of hydrogen-bond donors (Lipinski definition) is 1. The average Bonchev–Trinajstić information content (AvgIpc) is 2.48. The summed E-state index contributed by atoms with van der Waals surface area (Å²) >= 11 is 1.27. The predicted octanol–water partition coefficient (Wildman–Crippen LogP) is 0.270. The molecule has 0 radical (unpaired) electrons. The summed E-state index contributed by atoms with van der Waals surface area (Å²) in [5.74, 6) is -1.70. The van der Waals surface area contributed by atoms with Gasteiger partial charge < -0.3 is 14.7 Å². The van der Waals surface area contributed by atoms with Crippen molar-refractivity contribution in [3.8, 4) is 0 Å². The number of ether oxygens (including phenoxy) is 1. The van der Waals surface area contributed by atoms with E-state index in [2.05, 4.69) is 0 Å². The van der Waals surface area contributed by atoms with Gasteiger partial charge in [-0.05, 0) is 34.1 Å².